The third-order valence-corrected chi connectivity index (χ3v) is 2.86. The molecule has 0 nitrogen and oxygen atoms in total. The summed E-state index contributed by atoms with van der Waals surface area (Å²) in [6.45, 7) is 0. The summed E-state index contributed by atoms with van der Waals surface area (Å²) in [5, 5.41) is 0.909. The maximum absolute atomic E-state index is 6.04. The van der Waals surface area contributed by atoms with Gasteiger partial charge in [0.05, 0.1) is 0 Å². The van der Waals surface area contributed by atoms with Gasteiger partial charge in [-0.3, -0.25) is 0 Å². The largest absolute Gasteiger partial charge is 0.0840 e. The highest BCUT2D eigenvalue weighted by Gasteiger charge is 2.20. The molecule has 2 rings (SSSR count). The van der Waals surface area contributed by atoms with Crippen LogP contribution < -0.4 is 0 Å². The third kappa shape index (κ3) is 2.73. The van der Waals surface area contributed by atoms with Gasteiger partial charge in [-0.1, -0.05) is 29.8 Å². The van der Waals surface area contributed by atoms with Gasteiger partial charge in [0.15, 0.2) is 0 Å². The number of hydrogen-bond acceptors (Lipinski definition) is 0. The van der Waals surface area contributed by atoms with Gasteiger partial charge in [-0.05, 0) is 49.7 Å². The number of rotatable bonds is 4. The van der Waals surface area contributed by atoms with E-state index < -0.39 is 0 Å². The fourth-order valence-electron chi connectivity index (χ4n) is 1.51. The van der Waals surface area contributed by atoms with E-state index in [1.54, 1.807) is 0 Å². The second kappa shape index (κ2) is 4.15. The number of aryl methyl sites for hydroxylation is 1. The van der Waals surface area contributed by atoms with Gasteiger partial charge in [-0.15, -0.1) is 0 Å². The van der Waals surface area contributed by atoms with E-state index in [-0.39, 0.29) is 0 Å². The fourth-order valence-corrected chi connectivity index (χ4v) is 1.74. The summed E-state index contributed by atoms with van der Waals surface area (Å²) >= 11 is 6.04. The minimum Gasteiger partial charge on any atom is -0.0840 e. The molecule has 1 radical (unpaired) electrons. The number of benzene rings is 1. The summed E-state index contributed by atoms with van der Waals surface area (Å²) in [6, 6.07) is 8.12. The summed E-state index contributed by atoms with van der Waals surface area (Å²) in [6.07, 6.45) is 7.51. The van der Waals surface area contributed by atoms with Crippen molar-refractivity contribution in [3.63, 3.8) is 0 Å². The zero-order chi connectivity index (χ0) is 9.10. The molecule has 0 aliphatic heterocycles. The van der Waals surface area contributed by atoms with Crippen LogP contribution in [0.3, 0.4) is 0 Å². The molecule has 0 bridgehead atoms. The van der Waals surface area contributed by atoms with E-state index in [0.29, 0.717) is 0 Å². The Balaban J connectivity index is 1.82. The van der Waals surface area contributed by atoms with Crippen LogP contribution in [-0.4, -0.2) is 0 Å². The third-order valence-electron chi connectivity index (χ3n) is 2.49. The normalized spacial score (nSPS) is 16.1. The highest BCUT2D eigenvalue weighted by atomic mass is 35.5. The van der Waals surface area contributed by atoms with Crippen LogP contribution in [0.15, 0.2) is 24.3 Å². The van der Waals surface area contributed by atoms with Crippen LogP contribution >= 0.6 is 11.6 Å². The van der Waals surface area contributed by atoms with Crippen molar-refractivity contribution in [3.8, 4) is 0 Å². The first kappa shape index (κ1) is 9.08. The predicted molar refractivity (Wildman–Crippen MR) is 56.8 cm³/mol. The molecule has 1 saturated carbocycles. The first-order valence-electron chi connectivity index (χ1n) is 4.93. The molecule has 0 unspecified atom stereocenters. The zero-order valence-corrected chi connectivity index (χ0v) is 8.43. The molecule has 1 aromatic rings. The van der Waals surface area contributed by atoms with Crippen molar-refractivity contribution in [1.82, 2.24) is 0 Å². The van der Waals surface area contributed by atoms with Crippen LogP contribution in [-0.2, 0) is 6.42 Å². The zero-order valence-electron chi connectivity index (χ0n) is 7.67. The van der Waals surface area contributed by atoms with Gasteiger partial charge in [0.1, 0.15) is 0 Å². The van der Waals surface area contributed by atoms with Gasteiger partial charge in [0.2, 0.25) is 0 Å². The fraction of sp³-hybridized carbons (Fsp3) is 0.417. The quantitative estimate of drug-likeness (QED) is 0.681. The van der Waals surface area contributed by atoms with Crippen molar-refractivity contribution < 1.29 is 0 Å². The van der Waals surface area contributed by atoms with E-state index in [2.05, 4.69) is 18.6 Å². The maximum Gasteiger partial charge on any atom is 0.0437 e. The van der Waals surface area contributed by atoms with Crippen molar-refractivity contribution >= 4 is 11.6 Å². The molecule has 0 aromatic heterocycles. The highest BCUT2D eigenvalue weighted by Crippen LogP contribution is 2.33. The lowest BCUT2D eigenvalue weighted by molar-refractivity contribution is 0.836. The SMILES string of the molecule is Clc1ccccc1CC[CH]C1CC1. The topological polar surface area (TPSA) is 0 Å². The van der Waals surface area contributed by atoms with E-state index in [1.165, 1.54) is 24.8 Å². The maximum atomic E-state index is 6.04. The summed E-state index contributed by atoms with van der Waals surface area (Å²) in [4.78, 5) is 0. The molecule has 69 valence electrons. The van der Waals surface area contributed by atoms with Crippen LogP contribution in [0, 0.1) is 12.3 Å². The lowest BCUT2D eigenvalue weighted by atomic mass is 10.1. The standard InChI is InChI=1S/C12H14Cl/c13-12-7-2-1-5-11(12)6-3-4-10-8-9-10/h1-2,4-5,7,10H,3,6,8-9H2. The van der Waals surface area contributed by atoms with Gasteiger partial charge in [0.25, 0.3) is 0 Å². The lowest BCUT2D eigenvalue weighted by Gasteiger charge is -2.02. The molecule has 13 heavy (non-hydrogen) atoms. The van der Waals surface area contributed by atoms with Crippen molar-refractivity contribution in [2.24, 2.45) is 5.92 Å². The van der Waals surface area contributed by atoms with Gasteiger partial charge in [0, 0.05) is 5.02 Å². The molecule has 0 spiro atoms. The molecule has 0 N–H and O–H groups in total. The molecule has 0 amide bonds. The first-order chi connectivity index (χ1) is 6.36. The Morgan fingerprint density at radius 1 is 1.31 bits per heavy atom. The molecule has 0 saturated heterocycles. The predicted octanol–water partition coefficient (Wildman–Crippen LogP) is 3.89. The van der Waals surface area contributed by atoms with Gasteiger partial charge in [-0.2, -0.15) is 0 Å². The van der Waals surface area contributed by atoms with Crippen molar-refractivity contribution in [2.75, 3.05) is 0 Å². The Kier molecular flexibility index (Phi) is 2.90. The van der Waals surface area contributed by atoms with Crippen molar-refractivity contribution in [2.45, 2.75) is 25.7 Å². The molecule has 1 aliphatic carbocycles. The Morgan fingerprint density at radius 3 is 2.77 bits per heavy atom. The van der Waals surface area contributed by atoms with Crippen LogP contribution in [0.5, 0.6) is 0 Å². The molecule has 1 aromatic carbocycles. The Morgan fingerprint density at radius 2 is 2.08 bits per heavy atom. The summed E-state index contributed by atoms with van der Waals surface area (Å²) in [5.41, 5.74) is 1.28. The van der Waals surface area contributed by atoms with Crippen LogP contribution in [0.1, 0.15) is 24.8 Å². The molecular weight excluding hydrogens is 180 g/mol. The minimum atomic E-state index is 0.909. The van der Waals surface area contributed by atoms with E-state index in [1.807, 2.05) is 12.1 Å². The molecular formula is C12H14Cl. The lowest BCUT2D eigenvalue weighted by Crippen LogP contribution is -1.88. The summed E-state index contributed by atoms with van der Waals surface area (Å²) in [7, 11) is 0. The van der Waals surface area contributed by atoms with Crippen molar-refractivity contribution in [1.29, 1.82) is 0 Å². The van der Waals surface area contributed by atoms with Crippen LogP contribution in [0.25, 0.3) is 0 Å². The van der Waals surface area contributed by atoms with Gasteiger partial charge in [-0.25, -0.2) is 0 Å². The average molecular weight is 194 g/mol. The van der Waals surface area contributed by atoms with E-state index >= 15 is 0 Å². The van der Waals surface area contributed by atoms with Crippen molar-refractivity contribution in [3.05, 3.63) is 41.3 Å². The first-order valence-corrected chi connectivity index (χ1v) is 5.31. The number of halogens is 1. The molecule has 1 aliphatic rings. The summed E-state index contributed by atoms with van der Waals surface area (Å²) < 4.78 is 0. The Hall–Kier alpha value is -0.490. The van der Waals surface area contributed by atoms with E-state index in [0.717, 1.165) is 17.4 Å². The van der Waals surface area contributed by atoms with Gasteiger partial charge >= 0.3 is 0 Å². The smallest absolute Gasteiger partial charge is 0.0437 e. The average Bonchev–Trinajstić information content (AvgIpc) is 2.92. The van der Waals surface area contributed by atoms with Gasteiger partial charge < -0.3 is 0 Å². The molecule has 0 heterocycles. The van der Waals surface area contributed by atoms with E-state index in [4.69, 9.17) is 11.6 Å². The molecule has 0 atom stereocenters. The molecule has 1 fully saturated rings. The minimum absolute atomic E-state index is 0.909. The Bertz CT molecular complexity index is 276. The Labute approximate surface area is 84.9 Å². The van der Waals surface area contributed by atoms with E-state index in [9.17, 15) is 0 Å². The second-order valence-corrected chi connectivity index (χ2v) is 4.11. The monoisotopic (exact) mass is 193 g/mol. The summed E-state index contributed by atoms with van der Waals surface area (Å²) in [5.74, 6) is 0.919. The highest BCUT2D eigenvalue weighted by molar-refractivity contribution is 6.31. The molecule has 1 heteroatoms. The second-order valence-electron chi connectivity index (χ2n) is 3.70. The number of hydrogen-bond donors (Lipinski definition) is 0. The van der Waals surface area contributed by atoms with Crippen LogP contribution in [0.4, 0.5) is 0 Å². The van der Waals surface area contributed by atoms with Crippen LogP contribution in [0.2, 0.25) is 5.02 Å².